The van der Waals surface area contributed by atoms with E-state index in [1.807, 2.05) is 6.92 Å². The monoisotopic (exact) mass is 348 g/mol. The normalized spacial score (nSPS) is 10.9. The molecule has 6 nitrogen and oxygen atoms in total. The van der Waals surface area contributed by atoms with Gasteiger partial charge in [-0.3, -0.25) is 14.0 Å². The topological polar surface area (TPSA) is 89.5 Å². The molecule has 0 aliphatic heterocycles. The number of nitrogens with one attached hydrogen (secondary N) is 1. The van der Waals surface area contributed by atoms with Crippen molar-refractivity contribution in [3.8, 4) is 0 Å². The van der Waals surface area contributed by atoms with Crippen molar-refractivity contribution in [2.75, 3.05) is 5.32 Å². The van der Waals surface area contributed by atoms with Crippen LogP contribution in [-0.4, -0.2) is 21.2 Å². The number of fused-ring (bicyclic) bond motifs is 1. The van der Waals surface area contributed by atoms with E-state index < -0.39 is 5.91 Å². The highest BCUT2D eigenvalue weighted by Gasteiger charge is 2.20. The van der Waals surface area contributed by atoms with Crippen LogP contribution >= 0.6 is 22.9 Å². The number of rotatable bonds is 3. The number of halogens is 1. The Balaban J connectivity index is 2.02. The van der Waals surface area contributed by atoms with Gasteiger partial charge in [-0.2, -0.15) is 0 Å². The van der Waals surface area contributed by atoms with Crippen molar-refractivity contribution in [3.05, 3.63) is 51.2 Å². The second kappa shape index (κ2) is 5.68. The molecule has 3 aromatic rings. The van der Waals surface area contributed by atoms with E-state index >= 15 is 0 Å². The van der Waals surface area contributed by atoms with Gasteiger partial charge in [0.05, 0.1) is 11.3 Å². The zero-order valence-corrected chi connectivity index (χ0v) is 14.0. The molecule has 3 N–H and O–H groups in total. The van der Waals surface area contributed by atoms with Crippen molar-refractivity contribution >= 4 is 45.4 Å². The zero-order valence-electron chi connectivity index (χ0n) is 12.4. The standard InChI is InChI=1S/C15H13ClN4O2S/c1-7-5-10(13(17)21)15(23-7)19-14(22)12-8(2)18-11-6-9(16)3-4-20(11)12/h3-6H,1-2H3,(H2,17,21)(H,19,22). The second-order valence-electron chi connectivity index (χ2n) is 5.04. The number of primary amides is 1. The van der Waals surface area contributed by atoms with Gasteiger partial charge in [-0.15, -0.1) is 11.3 Å². The van der Waals surface area contributed by atoms with Crippen LogP contribution in [0.2, 0.25) is 5.02 Å². The van der Waals surface area contributed by atoms with E-state index in [0.29, 0.717) is 32.6 Å². The summed E-state index contributed by atoms with van der Waals surface area (Å²) in [4.78, 5) is 29.3. The third-order valence-corrected chi connectivity index (χ3v) is 4.53. The highest BCUT2D eigenvalue weighted by Crippen LogP contribution is 2.28. The lowest BCUT2D eigenvalue weighted by Crippen LogP contribution is -2.18. The van der Waals surface area contributed by atoms with E-state index in [4.69, 9.17) is 17.3 Å². The molecule has 0 radical (unpaired) electrons. The maximum absolute atomic E-state index is 12.6. The Hall–Kier alpha value is -2.38. The minimum Gasteiger partial charge on any atom is -0.366 e. The molecule has 0 bridgehead atoms. The van der Waals surface area contributed by atoms with Crippen molar-refractivity contribution in [1.82, 2.24) is 9.38 Å². The Morgan fingerprint density at radius 1 is 1.35 bits per heavy atom. The summed E-state index contributed by atoms with van der Waals surface area (Å²) in [7, 11) is 0. The van der Waals surface area contributed by atoms with Crippen LogP contribution in [0.15, 0.2) is 24.4 Å². The Bertz CT molecular complexity index is 944. The van der Waals surface area contributed by atoms with Crippen molar-refractivity contribution < 1.29 is 9.59 Å². The SMILES string of the molecule is Cc1cc(C(N)=O)c(NC(=O)c2c(C)nc3cc(Cl)ccn23)s1. The van der Waals surface area contributed by atoms with Crippen LogP contribution in [0.4, 0.5) is 5.00 Å². The minimum absolute atomic E-state index is 0.301. The van der Waals surface area contributed by atoms with E-state index in [-0.39, 0.29) is 5.91 Å². The molecule has 3 rings (SSSR count). The zero-order chi connectivity index (χ0) is 16.7. The van der Waals surface area contributed by atoms with E-state index in [9.17, 15) is 9.59 Å². The molecule has 0 spiro atoms. The number of hydrogen-bond donors (Lipinski definition) is 2. The first-order valence-electron chi connectivity index (χ1n) is 6.72. The first kappa shape index (κ1) is 15.5. The third-order valence-electron chi connectivity index (χ3n) is 3.33. The van der Waals surface area contributed by atoms with E-state index in [0.717, 1.165) is 4.88 Å². The van der Waals surface area contributed by atoms with E-state index in [1.54, 1.807) is 35.7 Å². The smallest absolute Gasteiger partial charge is 0.275 e. The number of carbonyl (C=O) groups is 2. The largest absolute Gasteiger partial charge is 0.366 e. The number of imidazole rings is 1. The Kier molecular flexibility index (Phi) is 3.83. The van der Waals surface area contributed by atoms with Crippen LogP contribution in [0, 0.1) is 13.8 Å². The molecular weight excluding hydrogens is 336 g/mol. The van der Waals surface area contributed by atoms with Crippen LogP contribution in [0.5, 0.6) is 0 Å². The molecule has 3 heterocycles. The van der Waals surface area contributed by atoms with Gasteiger partial charge in [0.2, 0.25) is 0 Å². The van der Waals surface area contributed by atoms with Crippen molar-refractivity contribution in [2.24, 2.45) is 5.73 Å². The number of amides is 2. The molecule has 0 aromatic carbocycles. The van der Waals surface area contributed by atoms with Crippen LogP contribution in [0.1, 0.15) is 31.4 Å². The summed E-state index contributed by atoms with van der Waals surface area (Å²) < 4.78 is 1.65. The molecule has 2 amide bonds. The summed E-state index contributed by atoms with van der Waals surface area (Å²) in [5.41, 5.74) is 7.18. The summed E-state index contributed by atoms with van der Waals surface area (Å²) in [6.07, 6.45) is 1.68. The fourth-order valence-electron chi connectivity index (χ4n) is 2.36. The van der Waals surface area contributed by atoms with Gasteiger partial charge >= 0.3 is 0 Å². The lowest BCUT2D eigenvalue weighted by atomic mass is 10.2. The number of carbonyl (C=O) groups excluding carboxylic acids is 2. The number of aromatic nitrogens is 2. The highest BCUT2D eigenvalue weighted by molar-refractivity contribution is 7.16. The lowest BCUT2D eigenvalue weighted by Gasteiger charge is -2.05. The number of anilines is 1. The number of aryl methyl sites for hydroxylation is 2. The predicted molar refractivity (Wildman–Crippen MR) is 90.5 cm³/mol. The maximum Gasteiger partial charge on any atom is 0.275 e. The fourth-order valence-corrected chi connectivity index (χ4v) is 3.43. The number of pyridine rings is 1. The molecule has 0 fully saturated rings. The summed E-state index contributed by atoms with van der Waals surface area (Å²) in [6, 6.07) is 5.01. The van der Waals surface area contributed by atoms with Crippen molar-refractivity contribution in [2.45, 2.75) is 13.8 Å². The average Bonchev–Trinajstić information content (AvgIpc) is 2.97. The predicted octanol–water partition coefficient (Wildman–Crippen LogP) is 3.02. The Morgan fingerprint density at radius 3 is 2.78 bits per heavy atom. The molecule has 23 heavy (non-hydrogen) atoms. The maximum atomic E-state index is 12.6. The third kappa shape index (κ3) is 2.80. The van der Waals surface area contributed by atoms with Gasteiger partial charge in [-0.05, 0) is 26.0 Å². The molecule has 0 saturated heterocycles. The highest BCUT2D eigenvalue weighted by atomic mass is 35.5. The van der Waals surface area contributed by atoms with Crippen molar-refractivity contribution in [1.29, 1.82) is 0 Å². The van der Waals surface area contributed by atoms with Gasteiger partial charge in [0.15, 0.2) is 0 Å². The average molecular weight is 349 g/mol. The summed E-state index contributed by atoms with van der Waals surface area (Å²) >= 11 is 7.24. The molecule has 0 aliphatic rings. The van der Waals surface area contributed by atoms with Gasteiger partial charge in [-0.1, -0.05) is 11.6 Å². The fraction of sp³-hybridized carbons (Fsp3) is 0.133. The molecule has 118 valence electrons. The molecule has 0 unspecified atom stereocenters. The number of nitrogens with two attached hydrogens (primary N) is 1. The van der Waals surface area contributed by atoms with E-state index in [2.05, 4.69) is 10.3 Å². The van der Waals surface area contributed by atoms with Crippen molar-refractivity contribution in [3.63, 3.8) is 0 Å². The van der Waals surface area contributed by atoms with Crippen LogP contribution in [-0.2, 0) is 0 Å². The Morgan fingerprint density at radius 2 is 2.09 bits per heavy atom. The molecule has 3 aromatic heterocycles. The van der Waals surface area contributed by atoms with Crippen LogP contribution in [0.25, 0.3) is 5.65 Å². The van der Waals surface area contributed by atoms with E-state index in [1.165, 1.54) is 11.3 Å². The minimum atomic E-state index is -0.578. The van der Waals surface area contributed by atoms with Crippen LogP contribution in [0.3, 0.4) is 0 Å². The molecular formula is C15H13ClN4O2S. The molecule has 0 atom stereocenters. The molecule has 0 saturated carbocycles. The first-order chi connectivity index (χ1) is 10.9. The lowest BCUT2D eigenvalue weighted by molar-refractivity contribution is 0.100. The summed E-state index contributed by atoms with van der Waals surface area (Å²) in [6.45, 7) is 3.58. The van der Waals surface area contributed by atoms with Gasteiger partial charge in [0, 0.05) is 22.2 Å². The number of thiophene rings is 1. The molecule has 0 aliphatic carbocycles. The number of nitrogens with zero attached hydrogens (tertiary/aromatic N) is 2. The first-order valence-corrected chi connectivity index (χ1v) is 7.92. The Labute approximate surface area is 140 Å². The summed E-state index contributed by atoms with van der Waals surface area (Å²) in [5, 5.41) is 3.72. The van der Waals surface area contributed by atoms with Gasteiger partial charge < -0.3 is 11.1 Å². The molecule has 8 heteroatoms. The van der Waals surface area contributed by atoms with Gasteiger partial charge in [0.1, 0.15) is 16.3 Å². The second-order valence-corrected chi connectivity index (χ2v) is 6.73. The van der Waals surface area contributed by atoms with Gasteiger partial charge in [-0.25, -0.2) is 4.98 Å². The number of hydrogen-bond acceptors (Lipinski definition) is 4. The van der Waals surface area contributed by atoms with Crippen LogP contribution < -0.4 is 11.1 Å². The van der Waals surface area contributed by atoms with Gasteiger partial charge in [0.25, 0.3) is 11.8 Å². The summed E-state index contributed by atoms with van der Waals surface area (Å²) in [5.74, 6) is -0.937. The quantitative estimate of drug-likeness (QED) is 0.762.